The molecular formula is C28H24N4O6. The lowest BCUT2D eigenvalue weighted by atomic mass is 10.1. The van der Waals surface area contributed by atoms with E-state index in [0.29, 0.717) is 33.4 Å². The van der Waals surface area contributed by atoms with E-state index >= 15 is 0 Å². The Labute approximate surface area is 215 Å². The molecule has 5 aromatic rings. The second kappa shape index (κ2) is 9.40. The zero-order valence-electron chi connectivity index (χ0n) is 21.1. The normalized spacial score (nSPS) is 12.4. The summed E-state index contributed by atoms with van der Waals surface area (Å²) in [6.07, 6.45) is 6.14. The predicted octanol–water partition coefficient (Wildman–Crippen LogP) is 1.97. The highest BCUT2D eigenvalue weighted by atomic mass is 16.5. The second-order valence-electron chi connectivity index (χ2n) is 8.69. The van der Waals surface area contributed by atoms with Crippen LogP contribution in [0.3, 0.4) is 0 Å². The number of hydrogen-bond donors (Lipinski definition) is 2. The molecular weight excluding hydrogens is 488 g/mol. The number of aromatic nitrogens is 4. The SMILES string of the molecule is COc1ccc2[nH]cc(/C=c3/c(=O)n(C(C)=O)/c(=C\c4c[nH]c5ccc(OC)cc45)c(=O)n3C(C)=O)c2c1. The molecule has 10 heteroatoms. The Balaban J connectivity index is 1.88. The third kappa shape index (κ3) is 4.01. The summed E-state index contributed by atoms with van der Waals surface area (Å²) in [5.74, 6) is -0.141. The van der Waals surface area contributed by atoms with Crippen LogP contribution in [0.2, 0.25) is 0 Å². The second-order valence-corrected chi connectivity index (χ2v) is 8.69. The smallest absolute Gasteiger partial charge is 0.282 e. The average Bonchev–Trinajstić information content (AvgIpc) is 3.49. The number of carbonyl (C=O) groups is 2. The molecule has 0 saturated heterocycles. The van der Waals surface area contributed by atoms with Gasteiger partial charge in [-0.2, -0.15) is 0 Å². The van der Waals surface area contributed by atoms with E-state index < -0.39 is 22.9 Å². The molecule has 3 heterocycles. The average molecular weight is 513 g/mol. The Morgan fingerprint density at radius 1 is 0.711 bits per heavy atom. The van der Waals surface area contributed by atoms with Gasteiger partial charge in [-0.15, -0.1) is 0 Å². The zero-order valence-corrected chi connectivity index (χ0v) is 21.1. The van der Waals surface area contributed by atoms with Gasteiger partial charge in [0.25, 0.3) is 11.1 Å². The Morgan fingerprint density at radius 2 is 1.11 bits per heavy atom. The lowest BCUT2D eigenvalue weighted by Gasteiger charge is -2.08. The molecule has 3 aromatic heterocycles. The Hall–Kier alpha value is -5.12. The Kier molecular flexibility index (Phi) is 6.08. The molecule has 0 saturated carbocycles. The van der Waals surface area contributed by atoms with Gasteiger partial charge in [-0.3, -0.25) is 19.2 Å². The van der Waals surface area contributed by atoms with E-state index in [1.807, 2.05) is 12.1 Å². The van der Waals surface area contributed by atoms with Crippen molar-refractivity contribution >= 4 is 45.8 Å². The summed E-state index contributed by atoms with van der Waals surface area (Å²) < 4.78 is 12.2. The van der Waals surface area contributed by atoms with Crippen molar-refractivity contribution in [2.45, 2.75) is 13.8 Å². The van der Waals surface area contributed by atoms with Crippen molar-refractivity contribution in [2.75, 3.05) is 14.2 Å². The predicted molar refractivity (Wildman–Crippen MR) is 144 cm³/mol. The molecule has 0 unspecified atom stereocenters. The molecule has 0 radical (unpaired) electrons. The van der Waals surface area contributed by atoms with Crippen LogP contribution < -0.4 is 31.3 Å². The number of hydrogen-bond acceptors (Lipinski definition) is 6. The van der Waals surface area contributed by atoms with Crippen LogP contribution in [-0.2, 0) is 0 Å². The van der Waals surface area contributed by atoms with Gasteiger partial charge >= 0.3 is 0 Å². The maximum Gasteiger partial charge on any atom is 0.282 e. The number of benzene rings is 2. The molecule has 10 nitrogen and oxygen atoms in total. The molecule has 0 fully saturated rings. The van der Waals surface area contributed by atoms with Crippen LogP contribution in [0.15, 0.2) is 58.4 Å². The summed E-state index contributed by atoms with van der Waals surface area (Å²) in [6.45, 7) is 2.38. The lowest BCUT2D eigenvalue weighted by Crippen LogP contribution is -2.60. The van der Waals surface area contributed by atoms with Crippen LogP contribution in [0.4, 0.5) is 0 Å². The molecule has 0 amide bonds. The van der Waals surface area contributed by atoms with Crippen molar-refractivity contribution in [1.82, 2.24) is 19.1 Å². The number of aromatic amines is 2. The molecule has 2 aromatic carbocycles. The lowest BCUT2D eigenvalue weighted by molar-refractivity contribution is 0.0901. The quantitative estimate of drug-likeness (QED) is 0.379. The molecule has 5 rings (SSSR count). The topological polar surface area (TPSA) is 128 Å². The molecule has 0 atom stereocenters. The molecule has 0 bridgehead atoms. The van der Waals surface area contributed by atoms with E-state index in [1.165, 1.54) is 40.2 Å². The Morgan fingerprint density at radius 3 is 1.45 bits per heavy atom. The van der Waals surface area contributed by atoms with Gasteiger partial charge in [0.15, 0.2) is 0 Å². The van der Waals surface area contributed by atoms with Gasteiger partial charge in [0.2, 0.25) is 11.8 Å². The highest BCUT2D eigenvalue weighted by Gasteiger charge is 2.17. The third-order valence-corrected chi connectivity index (χ3v) is 6.38. The van der Waals surface area contributed by atoms with Gasteiger partial charge in [0.1, 0.15) is 22.2 Å². The van der Waals surface area contributed by atoms with Crippen LogP contribution in [0.1, 0.15) is 34.6 Å². The number of ether oxygens (including phenoxy) is 2. The number of fused-ring (bicyclic) bond motifs is 2. The fourth-order valence-corrected chi connectivity index (χ4v) is 4.55. The standard InChI is InChI=1S/C28H24N4O6/c1-15(33)31-25(9-17-13-29-23-7-5-19(37-3)11-21(17)23)28(36)32(16(2)34)26(27(31)35)10-18-14-30-24-8-6-20(38-4)12-22(18)24/h5-14,29-30H,1-4H3/b25-9-,26-10-. The zero-order chi connectivity index (χ0) is 27.1. The van der Waals surface area contributed by atoms with Crippen molar-refractivity contribution in [3.05, 3.63) is 91.3 Å². The number of rotatable bonds is 4. The molecule has 2 N–H and O–H groups in total. The number of H-pyrrole nitrogens is 2. The minimum atomic E-state index is -0.798. The largest absolute Gasteiger partial charge is 0.497 e. The van der Waals surface area contributed by atoms with Crippen LogP contribution in [-0.4, -0.2) is 45.1 Å². The summed E-state index contributed by atoms with van der Waals surface area (Å²) in [6, 6.07) is 10.7. The molecule has 38 heavy (non-hydrogen) atoms. The first-order valence-electron chi connectivity index (χ1n) is 11.7. The van der Waals surface area contributed by atoms with Crippen molar-refractivity contribution in [3.63, 3.8) is 0 Å². The number of nitrogens with zero attached hydrogens (tertiary/aromatic N) is 2. The number of carbonyl (C=O) groups excluding carboxylic acids is 2. The summed E-state index contributed by atoms with van der Waals surface area (Å²) in [4.78, 5) is 59.0. The van der Waals surface area contributed by atoms with Crippen LogP contribution in [0, 0.1) is 0 Å². The van der Waals surface area contributed by atoms with Crippen LogP contribution >= 0.6 is 0 Å². The van der Waals surface area contributed by atoms with Gasteiger partial charge in [-0.25, -0.2) is 9.13 Å². The fraction of sp³-hybridized carbons (Fsp3) is 0.143. The van der Waals surface area contributed by atoms with E-state index in [0.717, 1.165) is 20.2 Å². The molecule has 192 valence electrons. The van der Waals surface area contributed by atoms with Gasteiger partial charge in [-0.05, 0) is 48.6 Å². The first-order chi connectivity index (χ1) is 18.2. The summed E-state index contributed by atoms with van der Waals surface area (Å²) in [5.41, 5.74) is 1.02. The maximum absolute atomic E-state index is 13.7. The molecule has 0 spiro atoms. The maximum atomic E-state index is 13.7. The van der Waals surface area contributed by atoms with E-state index in [9.17, 15) is 19.2 Å². The number of methoxy groups -OCH3 is 2. The van der Waals surface area contributed by atoms with Gasteiger partial charge in [-0.1, -0.05) is 0 Å². The van der Waals surface area contributed by atoms with Crippen LogP contribution in [0.5, 0.6) is 11.5 Å². The van der Waals surface area contributed by atoms with Crippen molar-refractivity contribution < 1.29 is 19.1 Å². The minimum Gasteiger partial charge on any atom is -0.497 e. The fourth-order valence-electron chi connectivity index (χ4n) is 4.55. The van der Waals surface area contributed by atoms with Crippen molar-refractivity contribution in [3.8, 4) is 11.5 Å². The monoisotopic (exact) mass is 512 g/mol. The highest BCUT2D eigenvalue weighted by Crippen LogP contribution is 2.25. The molecule has 0 aliphatic heterocycles. The van der Waals surface area contributed by atoms with E-state index in [2.05, 4.69) is 9.97 Å². The van der Waals surface area contributed by atoms with Crippen molar-refractivity contribution in [2.24, 2.45) is 0 Å². The first-order valence-corrected chi connectivity index (χ1v) is 11.7. The number of nitrogens with one attached hydrogen (secondary N) is 2. The summed E-state index contributed by atoms with van der Waals surface area (Å²) in [7, 11) is 3.07. The van der Waals surface area contributed by atoms with E-state index in [1.54, 1.807) is 36.7 Å². The highest BCUT2D eigenvalue weighted by molar-refractivity contribution is 5.91. The summed E-state index contributed by atoms with van der Waals surface area (Å²) >= 11 is 0. The first kappa shape index (κ1) is 24.6. The van der Waals surface area contributed by atoms with Gasteiger partial charge in [0.05, 0.1) is 14.2 Å². The van der Waals surface area contributed by atoms with E-state index in [4.69, 9.17) is 9.47 Å². The molecule has 0 aliphatic carbocycles. The Bertz CT molecular complexity index is 1860. The van der Waals surface area contributed by atoms with E-state index in [-0.39, 0.29) is 10.7 Å². The minimum absolute atomic E-state index is 0.237. The molecule has 0 aliphatic rings. The third-order valence-electron chi connectivity index (χ3n) is 6.38. The summed E-state index contributed by atoms with van der Waals surface area (Å²) in [5, 5.41) is 0.950. The van der Waals surface area contributed by atoms with Gasteiger partial charge < -0.3 is 19.4 Å². The van der Waals surface area contributed by atoms with Gasteiger partial charge in [0, 0.05) is 59.2 Å². The van der Waals surface area contributed by atoms with Crippen molar-refractivity contribution in [1.29, 1.82) is 0 Å². The van der Waals surface area contributed by atoms with Crippen LogP contribution in [0.25, 0.3) is 34.0 Å².